The number of rotatable bonds is 4. The van der Waals surface area contributed by atoms with Gasteiger partial charge >= 0.3 is 0 Å². The molecule has 1 aromatic heterocycles. The summed E-state index contributed by atoms with van der Waals surface area (Å²) in [5.41, 5.74) is 7.04. The molecule has 2 aromatic rings. The van der Waals surface area contributed by atoms with Gasteiger partial charge in [-0.05, 0) is 37.0 Å². The summed E-state index contributed by atoms with van der Waals surface area (Å²) >= 11 is 0. The van der Waals surface area contributed by atoms with E-state index in [-0.39, 0.29) is 0 Å². The van der Waals surface area contributed by atoms with Gasteiger partial charge in [0.25, 0.3) is 0 Å². The molecule has 1 aromatic carbocycles. The lowest BCUT2D eigenvalue weighted by Gasteiger charge is -2.08. The Morgan fingerprint density at radius 3 is 2.84 bits per heavy atom. The summed E-state index contributed by atoms with van der Waals surface area (Å²) in [5.74, 6) is 3.06. The molecule has 1 aliphatic carbocycles. The summed E-state index contributed by atoms with van der Waals surface area (Å²) in [6.45, 7) is 2.12. The van der Waals surface area contributed by atoms with Crippen LogP contribution in [0.4, 0.5) is 5.82 Å². The van der Waals surface area contributed by atoms with Gasteiger partial charge in [-0.15, -0.1) is 0 Å². The summed E-state index contributed by atoms with van der Waals surface area (Å²) < 4.78 is 5.79. The molecular formula is C15H17N3O. The Bertz CT molecular complexity index is 594. The Kier molecular flexibility index (Phi) is 3.07. The largest absolute Gasteiger partial charge is 0.439 e. The predicted molar refractivity (Wildman–Crippen MR) is 74.3 cm³/mol. The molecule has 0 amide bonds. The zero-order chi connectivity index (χ0) is 13.2. The quantitative estimate of drug-likeness (QED) is 0.910. The van der Waals surface area contributed by atoms with Crippen molar-refractivity contribution in [2.45, 2.75) is 32.1 Å². The molecule has 2 N–H and O–H groups in total. The zero-order valence-corrected chi connectivity index (χ0v) is 11.0. The van der Waals surface area contributed by atoms with E-state index in [9.17, 15) is 0 Å². The lowest BCUT2D eigenvalue weighted by molar-refractivity contribution is 0.458. The number of anilines is 1. The number of hydrogen-bond donors (Lipinski definition) is 1. The van der Waals surface area contributed by atoms with Gasteiger partial charge in [-0.3, -0.25) is 0 Å². The normalized spacial score (nSPS) is 14.4. The summed E-state index contributed by atoms with van der Waals surface area (Å²) in [4.78, 5) is 8.69. The van der Waals surface area contributed by atoms with Crippen molar-refractivity contribution >= 4 is 5.82 Å². The minimum absolute atomic E-state index is 0.466. The Balaban J connectivity index is 1.85. The lowest BCUT2D eigenvalue weighted by Crippen LogP contribution is -2.00. The SMILES string of the molecule is CCc1cccc(Oc2cc(N)nc(C3CC3)n2)c1. The van der Waals surface area contributed by atoms with Gasteiger partial charge in [-0.2, -0.15) is 4.98 Å². The summed E-state index contributed by atoms with van der Waals surface area (Å²) in [6.07, 6.45) is 3.28. The third kappa shape index (κ3) is 2.84. The molecule has 0 atom stereocenters. The van der Waals surface area contributed by atoms with E-state index in [1.54, 1.807) is 6.07 Å². The molecule has 0 saturated heterocycles. The van der Waals surface area contributed by atoms with Crippen LogP contribution in [-0.4, -0.2) is 9.97 Å². The fourth-order valence-electron chi connectivity index (χ4n) is 1.99. The van der Waals surface area contributed by atoms with Crippen LogP contribution in [0.15, 0.2) is 30.3 Å². The van der Waals surface area contributed by atoms with Crippen LogP contribution >= 0.6 is 0 Å². The highest BCUT2D eigenvalue weighted by atomic mass is 16.5. The second kappa shape index (κ2) is 4.88. The number of nitrogen functional groups attached to an aromatic ring is 1. The fraction of sp³-hybridized carbons (Fsp3) is 0.333. The first-order chi connectivity index (χ1) is 9.24. The Morgan fingerprint density at radius 1 is 1.26 bits per heavy atom. The number of nitrogens with two attached hydrogens (primary N) is 1. The number of hydrogen-bond acceptors (Lipinski definition) is 4. The predicted octanol–water partition coefficient (Wildman–Crippen LogP) is 3.29. The van der Waals surface area contributed by atoms with E-state index < -0.39 is 0 Å². The molecular weight excluding hydrogens is 238 g/mol. The number of ether oxygens (including phenoxy) is 1. The van der Waals surface area contributed by atoms with E-state index in [4.69, 9.17) is 10.5 Å². The molecule has 19 heavy (non-hydrogen) atoms. The molecule has 0 aliphatic heterocycles. The topological polar surface area (TPSA) is 61.0 Å². The highest BCUT2D eigenvalue weighted by molar-refractivity contribution is 5.37. The van der Waals surface area contributed by atoms with E-state index in [2.05, 4.69) is 23.0 Å². The molecule has 0 unspecified atom stereocenters. The van der Waals surface area contributed by atoms with Gasteiger partial charge in [0.05, 0.1) is 0 Å². The van der Waals surface area contributed by atoms with Crippen molar-refractivity contribution in [1.82, 2.24) is 9.97 Å². The molecule has 1 saturated carbocycles. The highest BCUT2D eigenvalue weighted by Crippen LogP contribution is 2.39. The molecule has 0 spiro atoms. The van der Waals surface area contributed by atoms with Gasteiger partial charge < -0.3 is 10.5 Å². The Hall–Kier alpha value is -2.10. The van der Waals surface area contributed by atoms with Crippen molar-refractivity contribution in [3.05, 3.63) is 41.7 Å². The highest BCUT2D eigenvalue weighted by Gasteiger charge is 2.27. The number of aryl methyl sites for hydroxylation is 1. The van der Waals surface area contributed by atoms with Crippen molar-refractivity contribution in [1.29, 1.82) is 0 Å². The van der Waals surface area contributed by atoms with Crippen LogP contribution in [0.2, 0.25) is 0 Å². The number of benzene rings is 1. The fourth-order valence-corrected chi connectivity index (χ4v) is 1.99. The average molecular weight is 255 g/mol. The van der Waals surface area contributed by atoms with Crippen LogP contribution in [0, 0.1) is 0 Å². The average Bonchev–Trinajstić information content (AvgIpc) is 3.22. The van der Waals surface area contributed by atoms with Crippen molar-refractivity contribution in [2.75, 3.05) is 5.73 Å². The third-order valence-electron chi connectivity index (χ3n) is 3.21. The first kappa shape index (κ1) is 12.0. The number of nitrogens with zero attached hydrogens (tertiary/aromatic N) is 2. The Labute approximate surface area is 112 Å². The molecule has 1 heterocycles. The zero-order valence-electron chi connectivity index (χ0n) is 11.0. The van der Waals surface area contributed by atoms with Crippen LogP contribution in [-0.2, 0) is 6.42 Å². The molecule has 0 bridgehead atoms. The third-order valence-corrected chi connectivity index (χ3v) is 3.21. The standard InChI is InChI=1S/C15H17N3O/c1-2-10-4-3-5-12(8-10)19-14-9-13(16)17-15(18-14)11-6-7-11/h3-5,8-9,11H,2,6-7H2,1H3,(H2,16,17,18). The Morgan fingerprint density at radius 2 is 2.11 bits per heavy atom. The second-order valence-corrected chi connectivity index (χ2v) is 4.87. The van der Waals surface area contributed by atoms with E-state index >= 15 is 0 Å². The van der Waals surface area contributed by atoms with Crippen LogP contribution in [0.3, 0.4) is 0 Å². The van der Waals surface area contributed by atoms with Crippen molar-refractivity contribution < 1.29 is 4.74 Å². The summed E-state index contributed by atoms with van der Waals surface area (Å²) in [6, 6.07) is 9.69. The van der Waals surface area contributed by atoms with Crippen molar-refractivity contribution in [3.8, 4) is 11.6 Å². The van der Waals surface area contributed by atoms with E-state index in [1.165, 1.54) is 5.56 Å². The van der Waals surface area contributed by atoms with Gasteiger partial charge in [0, 0.05) is 12.0 Å². The maximum Gasteiger partial charge on any atom is 0.224 e. The maximum absolute atomic E-state index is 5.80. The summed E-state index contributed by atoms with van der Waals surface area (Å²) in [5, 5.41) is 0. The maximum atomic E-state index is 5.80. The van der Waals surface area contributed by atoms with Crippen molar-refractivity contribution in [2.24, 2.45) is 0 Å². The first-order valence-electron chi connectivity index (χ1n) is 6.66. The van der Waals surface area contributed by atoms with Gasteiger partial charge in [-0.25, -0.2) is 4.98 Å². The molecule has 98 valence electrons. The van der Waals surface area contributed by atoms with E-state index in [1.807, 2.05) is 18.2 Å². The minimum Gasteiger partial charge on any atom is -0.439 e. The molecule has 1 fully saturated rings. The van der Waals surface area contributed by atoms with Crippen LogP contribution < -0.4 is 10.5 Å². The molecule has 1 aliphatic rings. The van der Waals surface area contributed by atoms with E-state index in [0.717, 1.165) is 30.8 Å². The van der Waals surface area contributed by atoms with Crippen LogP contribution in [0.1, 0.15) is 37.1 Å². The molecule has 0 radical (unpaired) electrons. The van der Waals surface area contributed by atoms with Gasteiger partial charge in [-0.1, -0.05) is 19.1 Å². The number of aromatic nitrogens is 2. The first-order valence-corrected chi connectivity index (χ1v) is 6.66. The van der Waals surface area contributed by atoms with Crippen LogP contribution in [0.25, 0.3) is 0 Å². The monoisotopic (exact) mass is 255 g/mol. The van der Waals surface area contributed by atoms with Gasteiger partial charge in [0.1, 0.15) is 17.4 Å². The lowest BCUT2D eigenvalue weighted by atomic mass is 10.2. The van der Waals surface area contributed by atoms with Gasteiger partial charge in [0.15, 0.2) is 0 Å². The second-order valence-electron chi connectivity index (χ2n) is 4.87. The van der Waals surface area contributed by atoms with Crippen LogP contribution in [0.5, 0.6) is 11.6 Å². The molecule has 3 rings (SSSR count). The minimum atomic E-state index is 0.466. The van der Waals surface area contributed by atoms with Crippen molar-refractivity contribution in [3.63, 3.8) is 0 Å². The molecule has 4 nitrogen and oxygen atoms in total. The van der Waals surface area contributed by atoms with Gasteiger partial charge in [0.2, 0.25) is 5.88 Å². The molecule has 4 heteroatoms. The smallest absolute Gasteiger partial charge is 0.224 e. The summed E-state index contributed by atoms with van der Waals surface area (Å²) in [7, 11) is 0. The van der Waals surface area contributed by atoms with E-state index in [0.29, 0.717) is 17.6 Å².